The second-order valence-corrected chi connectivity index (χ2v) is 9.54. The third-order valence-electron chi connectivity index (χ3n) is 7.72. The molecule has 7 rings (SSSR count). The topological polar surface area (TPSA) is 9.86 Å². The molecule has 0 bridgehead atoms. The normalized spacial score (nSPS) is 14.7. The number of aryl methyl sites for hydroxylation is 2. The lowest BCUT2D eigenvalue weighted by Crippen LogP contribution is -2.15. The molecule has 0 saturated heterocycles. The molecule has 0 fully saturated rings. The van der Waals surface area contributed by atoms with Gasteiger partial charge < -0.3 is 9.13 Å². The van der Waals surface area contributed by atoms with Crippen molar-refractivity contribution in [3.05, 3.63) is 83.9 Å². The van der Waals surface area contributed by atoms with Gasteiger partial charge in [-0.1, -0.05) is 68.4 Å². The van der Waals surface area contributed by atoms with Crippen molar-refractivity contribution >= 4 is 43.6 Å². The van der Waals surface area contributed by atoms with E-state index < -0.39 is 0 Å². The van der Waals surface area contributed by atoms with Gasteiger partial charge in [-0.25, -0.2) is 0 Å². The molecule has 0 N–H and O–H groups in total. The Balaban J connectivity index is 1.79. The highest BCUT2D eigenvalue weighted by atomic mass is 15.0. The number of hydrogen-bond acceptors (Lipinski definition) is 0. The summed E-state index contributed by atoms with van der Waals surface area (Å²) in [6.07, 6.45) is 0. The van der Waals surface area contributed by atoms with E-state index >= 15 is 0 Å². The van der Waals surface area contributed by atoms with Crippen molar-refractivity contribution in [1.29, 1.82) is 0 Å². The maximum atomic E-state index is 2.39. The number of benzene rings is 4. The van der Waals surface area contributed by atoms with E-state index in [9.17, 15) is 0 Å². The lowest BCUT2D eigenvalue weighted by atomic mass is 9.80. The fourth-order valence-corrected chi connectivity index (χ4v) is 6.31. The van der Waals surface area contributed by atoms with Crippen LogP contribution in [-0.2, 0) is 19.5 Å². The van der Waals surface area contributed by atoms with Gasteiger partial charge in [0.25, 0.3) is 0 Å². The van der Waals surface area contributed by atoms with Crippen LogP contribution in [-0.4, -0.2) is 9.13 Å². The fraction of sp³-hybridized carbons (Fsp3) is 0.172. The molecule has 0 unspecified atom stereocenters. The summed E-state index contributed by atoms with van der Waals surface area (Å²) in [7, 11) is 4.42. The zero-order chi connectivity index (χ0) is 21.1. The fourth-order valence-electron chi connectivity index (χ4n) is 6.31. The molecule has 0 aliphatic heterocycles. The SMILES string of the molecule is Cn1c2ccc3c(c2c2c1ccc1c4ccccc4n(C)c12)C(C)(C)c1ccccc1-3. The Labute approximate surface area is 181 Å². The smallest absolute Gasteiger partial charge is 0.0590 e. The standard InChI is InChI=1S/C29H24N2/c1-29(2)21-11-7-5-9-17(21)19-13-15-23-25(27(19)29)26-24(30(23)3)16-14-20-18-10-6-8-12-22(18)31(4)28(20)26/h5-16H,1-4H3. The van der Waals surface area contributed by atoms with Crippen LogP contribution in [0.2, 0.25) is 0 Å². The predicted octanol–water partition coefficient (Wildman–Crippen LogP) is 7.28. The van der Waals surface area contributed by atoms with Crippen LogP contribution in [0.25, 0.3) is 54.7 Å². The Bertz CT molecular complexity index is 1720. The molecule has 2 heterocycles. The lowest BCUT2D eigenvalue weighted by Gasteiger charge is -2.22. The van der Waals surface area contributed by atoms with Crippen molar-refractivity contribution in [1.82, 2.24) is 9.13 Å². The molecule has 1 aliphatic rings. The van der Waals surface area contributed by atoms with Crippen molar-refractivity contribution in [3.63, 3.8) is 0 Å². The van der Waals surface area contributed by atoms with Crippen molar-refractivity contribution in [3.8, 4) is 11.1 Å². The number of hydrogen-bond donors (Lipinski definition) is 0. The molecule has 4 aromatic carbocycles. The molecule has 2 aromatic heterocycles. The molecular formula is C29H24N2. The highest BCUT2D eigenvalue weighted by molar-refractivity contribution is 6.26. The number of nitrogens with zero attached hydrogens (tertiary/aromatic N) is 2. The third kappa shape index (κ3) is 1.86. The summed E-state index contributed by atoms with van der Waals surface area (Å²) in [6, 6.07) is 27.0. The Morgan fingerprint density at radius 1 is 0.581 bits per heavy atom. The monoisotopic (exact) mass is 400 g/mol. The van der Waals surface area contributed by atoms with Gasteiger partial charge in [0.1, 0.15) is 0 Å². The Kier molecular flexibility index (Phi) is 2.99. The van der Waals surface area contributed by atoms with E-state index in [1.165, 1.54) is 65.9 Å². The molecule has 31 heavy (non-hydrogen) atoms. The molecule has 0 amide bonds. The van der Waals surface area contributed by atoms with Gasteiger partial charge in [0.15, 0.2) is 0 Å². The predicted molar refractivity (Wildman–Crippen MR) is 132 cm³/mol. The molecule has 2 nitrogen and oxygen atoms in total. The zero-order valence-electron chi connectivity index (χ0n) is 18.3. The Hall–Kier alpha value is -3.52. The molecule has 1 aliphatic carbocycles. The van der Waals surface area contributed by atoms with Gasteiger partial charge in [-0.3, -0.25) is 0 Å². The molecule has 6 aromatic rings. The van der Waals surface area contributed by atoms with Crippen LogP contribution in [0.5, 0.6) is 0 Å². The first-order chi connectivity index (χ1) is 15.0. The van der Waals surface area contributed by atoms with Crippen molar-refractivity contribution < 1.29 is 0 Å². The summed E-state index contributed by atoms with van der Waals surface area (Å²) in [5, 5.41) is 5.46. The van der Waals surface area contributed by atoms with Crippen LogP contribution in [0, 0.1) is 0 Å². The summed E-state index contributed by atoms with van der Waals surface area (Å²) in [5.41, 5.74) is 10.9. The first-order valence-corrected chi connectivity index (χ1v) is 11.0. The van der Waals surface area contributed by atoms with E-state index in [1.54, 1.807) is 0 Å². The third-order valence-corrected chi connectivity index (χ3v) is 7.72. The minimum Gasteiger partial charge on any atom is -0.344 e. The summed E-state index contributed by atoms with van der Waals surface area (Å²) < 4.78 is 4.77. The van der Waals surface area contributed by atoms with Gasteiger partial charge in [0, 0.05) is 52.1 Å². The number of rotatable bonds is 0. The first-order valence-electron chi connectivity index (χ1n) is 11.0. The van der Waals surface area contributed by atoms with Gasteiger partial charge >= 0.3 is 0 Å². The van der Waals surface area contributed by atoms with Gasteiger partial charge in [-0.05, 0) is 40.5 Å². The summed E-state index contributed by atoms with van der Waals surface area (Å²) >= 11 is 0. The number of aromatic nitrogens is 2. The summed E-state index contributed by atoms with van der Waals surface area (Å²) in [4.78, 5) is 0. The van der Waals surface area contributed by atoms with Gasteiger partial charge in [0.2, 0.25) is 0 Å². The van der Waals surface area contributed by atoms with E-state index in [1.807, 2.05) is 0 Å². The van der Waals surface area contributed by atoms with E-state index in [0.717, 1.165) is 0 Å². The van der Waals surface area contributed by atoms with E-state index in [4.69, 9.17) is 0 Å². The molecule has 0 saturated carbocycles. The molecule has 0 radical (unpaired) electrons. The molecule has 0 spiro atoms. The second kappa shape index (κ2) is 5.39. The quantitative estimate of drug-likeness (QED) is 0.253. The minimum atomic E-state index is -0.0352. The van der Waals surface area contributed by atoms with Gasteiger partial charge in [-0.15, -0.1) is 0 Å². The Morgan fingerprint density at radius 3 is 2.16 bits per heavy atom. The van der Waals surface area contributed by atoms with Gasteiger partial charge in [0.05, 0.1) is 11.0 Å². The Morgan fingerprint density at radius 2 is 1.29 bits per heavy atom. The first kappa shape index (κ1) is 17.2. The van der Waals surface area contributed by atoms with Crippen LogP contribution >= 0.6 is 0 Å². The number of para-hydroxylation sites is 1. The van der Waals surface area contributed by atoms with Crippen LogP contribution in [0.3, 0.4) is 0 Å². The molecule has 0 atom stereocenters. The maximum Gasteiger partial charge on any atom is 0.0590 e. The highest BCUT2D eigenvalue weighted by Gasteiger charge is 2.38. The summed E-state index contributed by atoms with van der Waals surface area (Å²) in [6.45, 7) is 4.77. The van der Waals surface area contributed by atoms with Crippen molar-refractivity contribution in [2.24, 2.45) is 14.1 Å². The largest absolute Gasteiger partial charge is 0.344 e. The lowest BCUT2D eigenvalue weighted by molar-refractivity contribution is 0.666. The average Bonchev–Trinajstić information content (AvgIpc) is 3.34. The van der Waals surface area contributed by atoms with Crippen LogP contribution in [0.1, 0.15) is 25.0 Å². The minimum absolute atomic E-state index is 0.0352. The summed E-state index contributed by atoms with van der Waals surface area (Å²) in [5.74, 6) is 0. The number of fused-ring (bicyclic) bond motifs is 11. The average molecular weight is 401 g/mol. The van der Waals surface area contributed by atoms with E-state index in [2.05, 4.69) is 110 Å². The van der Waals surface area contributed by atoms with Crippen molar-refractivity contribution in [2.75, 3.05) is 0 Å². The molecule has 2 heteroatoms. The van der Waals surface area contributed by atoms with Crippen LogP contribution < -0.4 is 0 Å². The van der Waals surface area contributed by atoms with Crippen molar-refractivity contribution in [2.45, 2.75) is 19.3 Å². The highest BCUT2D eigenvalue weighted by Crippen LogP contribution is 2.53. The second-order valence-electron chi connectivity index (χ2n) is 9.54. The van der Waals surface area contributed by atoms with E-state index in [0.29, 0.717) is 0 Å². The zero-order valence-corrected chi connectivity index (χ0v) is 18.3. The van der Waals surface area contributed by atoms with Crippen LogP contribution in [0.15, 0.2) is 72.8 Å². The van der Waals surface area contributed by atoms with Crippen LogP contribution in [0.4, 0.5) is 0 Å². The maximum absolute atomic E-state index is 2.39. The molecular weight excluding hydrogens is 376 g/mol. The van der Waals surface area contributed by atoms with E-state index in [-0.39, 0.29) is 5.41 Å². The van der Waals surface area contributed by atoms with Gasteiger partial charge in [-0.2, -0.15) is 0 Å². The molecule has 150 valence electrons.